The maximum Gasteiger partial charge on any atom is 0.278 e. The summed E-state index contributed by atoms with van der Waals surface area (Å²) in [6.07, 6.45) is 0.935. The van der Waals surface area contributed by atoms with E-state index >= 15 is 0 Å². The Hall–Kier alpha value is -3.07. The van der Waals surface area contributed by atoms with Gasteiger partial charge in [0, 0.05) is 29.4 Å². The van der Waals surface area contributed by atoms with Crippen molar-refractivity contribution >= 4 is 45.4 Å². The number of aromatic nitrogens is 5. The second kappa shape index (κ2) is 6.52. The number of thioether (sulfide) groups is 1. The zero-order chi connectivity index (χ0) is 19.3. The molecule has 4 heterocycles. The summed E-state index contributed by atoms with van der Waals surface area (Å²) in [5.74, 6) is 1.18. The number of rotatable bonds is 3. The maximum atomic E-state index is 13.2. The van der Waals surface area contributed by atoms with Crippen molar-refractivity contribution in [3.05, 3.63) is 46.4 Å². The van der Waals surface area contributed by atoms with E-state index in [1.165, 1.54) is 0 Å². The number of H-pyrrole nitrogens is 1. The van der Waals surface area contributed by atoms with Gasteiger partial charge in [0.1, 0.15) is 17.6 Å². The number of nitrogens with one attached hydrogen (secondary N) is 2. The molecule has 28 heavy (non-hydrogen) atoms. The molecule has 1 aliphatic heterocycles. The lowest BCUT2D eigenvalue weighted by Gasteiger charge is -2.16. The van der Waals surface area contributed by atoms with Crippen LogP contribution >= 0.6 is 11.8 Å². The second-order valence-corrected chi connectivity index (χ2v) is 7.90. The predicted octanol–water partition coefficient (Wildman–Crippen LogP) is 2.52. The number of hydrogen-bond donors (Lipinski definition) is 2. The lowest BCUT2D eigenvalue weighted by Crippen LogP contribution is -2.28. The van der Waals surface area contributed by atoms with Gasteiger partial charge in [0.2, 0.25) is 5.91 Å². The molecule has 4 aromatic rings. The molecule has 142 valence electrons. The number of aryl methyl sites for hydroxylation is 1. The van der Waals surface area contributed by atoms with E-state index in [9.17, 15) is 9.59 Å². The number of aromatic amines is 1. The summed E-state index contributed by atoms with van der Waals surface area (Å²) < 4.78 is 3.49. The molecule has 0 saturated carbocycles. The number of carbonyl (C=O) groups excluding carboxylic acids is 1. The molecule has 2 N–H and O–H groups in total. The zero-order valence-electron chi connectivity index (χ0n) is 15.2. The van der Waals surface area contributed by atoms with E-state index in [1.807, 2.05) is 31.2 Å². The minimum Gasteiger partial charge on any atom is -0.325 e. The van der Waals surface area contributed by atoms with Crippen LogP contribution in [-0.2, 0) is 17.9 Å². The van der Waals surface area contributed by atoms with E-state index < -0.39 is 0 Å². The fourth-order valence-corrected chi connectivity index (χ4v) is 4.59. The van der Waals surface area contributed by atoms with Crippen molar-refractivity contribution in [3.8, 4) is 0 Å². The molecule has 8 nitrogen and oxygen atoms in total. The monoisotopic (exact) mass is 394 g/mol. The van der Waals surface area contributed by atoms with Gasteiger partial charge in [0.15, 0.2) is 11.0 Å². The van der Waals surface area contributed by atoms with Gasteiger partial charge in [-0.3, -0.25) is 19.3 Å². The molecule has 0 fully saturated rings. The Morgan fingerprint density at radius 1 is 1.36 bits per heavy atom. The predicted molar refractivity (Wildman–Crippen MR) is 109 cm³/mol. The summed E-state index contributed by atoms with van der Waals surface area (Å²) in [6, 6.07) is 9.44. The van der Waals surface area contributed by atoms with Gasteiger partial charge in [-0.25, -0.2) is 4.98 Å². The van der Waals surface area contributed by atoms with Crippen molar-refractivity contribution in [2.45, 2.75) is 31.6 Å². The van der Waals surface area contributed by atoms with Crippen molar-refractivity contribution in [3.63, 3.8) is 0 Å². The molecule has 0 unspecified atom stereocenters. The molecule has 0 spiro atoms. The molecule has 1 amide bonds. The fourth-order valence-electron chi connectivity index (χ4n) is 3.65. The average molecular weight is 394 g/mol. The Balaban J connectivity index is 1.66. The summed E-state index contributed by atoms with van der Waals surface area (Å²) in [6.45, 7) is 2.53. The molecular formula is C19H18N6O2S. The Morgan fingerprint density at radius 2 is 2.21 bits per heavy atom. The Kier molecular flexibility index (Phi) is 3.97. The van der Waals surface area contributed by atoms with Crippen LogP contribution < -0.4 is 10.9 Å². The molecule has 1 aromatic carbocycles. The van der Waals surface area contributed by atoms with Crippen LogP contribution in [0.4, 0.5) is 5.82 Å². The third-order valence-electron chi connectivity index (χ3n) is 4.86. The van der Waals surface area contributed by atoms with Gasteiger partial charge in [-0.1, -0.05) is 30.0 Å². The van der Waals surface area contributed by atoms with Crippen LogP contribution in [0, 0.1) is 6.92 Å². The van der Waals surface area contributed by atoms with Crippen LogP contribution in [0.5, 0.6) is 0 Å². The third-order valence-corrected chi connectivity index (χ3v) is 5.93. The lowest BCUT2D eigenvalue weighted by atomic mass is 10.2. The first kappa shape index (κ1) is 17.1. The van der Waals surface area contributed by atoms with E-state index in [4.69, 9.17) is 4.98 Å². The van der Waals surface area contributed by atoms with Crippen LogP contribution in [0.2, 0.25) is 0 Å². The minimum absolute atomic E-state index is 0.0132. The quantitative estimate of drug-likeness (QED) is 0.521. The molecule has 0 aliphatic carbocycles. The summed E-state index contributed by atoms with van der Waals surface area (Å²) >= 11 is 1.61. The van der Waals surface area contributed by atoms with E-state index in [1.54, 1.807) is 27.0 Å². The second-order valence-electron chi connectivity index (χ2n) is 6.84. The number of carbonyl (C=O) groups is 1. The highest BCUT2D eigenvalue weighted by molar-refractivity contribution is 7.99. The molecule has 1 aliphatic rings. The lowest BCUT2D eigenvalue weighted by molar-refractivity contribution is -0.116. The SMILES string of the molecule is Cc1cc(NC(=O)Cn2c3ccccc3c3nc4n(c(=O)c32)CCCS4)n[nH]1. The maximum absolute atomic E-state index is 13.2. The number of para-hydroxylation sites is 1. The normalized spacial score (nSPS) is 13.8. The Bertz CT molecular complexity index is 1290. The molecule has 3 aromatic heterocycles. The van der Waals surface area contributed by atoms with Crippen molar-refractivity contribution in [2.75, 3.05) is 11.1 Å². The van der Waals surface area contributed by atoms with Crippen molar-refractivity contribution in [2.24, 2.45) is 0 Å². The number of hydrogen-bond acceptors (Lipinski definition) is 5. The van der Waals surface area contributed by atoms with Crippen LogP contribution in [0.3, 0.4) is 0 Å². The van der Waals surface area contributed by atoms with E-state index in [-0.39, 0.29) is 18.0 Å². The Labute approximate surface area is 163 Å². The first-order valence-corrected chi connectivity index (χ1v) is 10.1. The molecular weight excluding hydrogens is 376 g/mol. The first-order valence-electron chi connectivity index (χ1n) is 9.08. The highest BCUT2D eigenvalue weighted by Gasteiger charge is 2.22. The Morgan fingerprint density at radius 3 is 3.04 bits per heavy atom. The van der Waals surface area contributed by atoms with E-state index in [2.05, 4.69) is 15.5 Å². The van der Waals surface area contributed by atoms with Gasteiger partial charge >= 0.3 is 0 Å². The summed E-state index contributed by atoms with van der Waals surface area (Å²) in [4.78, 5) is 30.7. The number of nitrogens with zero attached hydrogens (tertiary/aromatic N) is 4. The van der Waals surface area contributed by atoms with Crippen LogP contribution in [0.1, 0.15) is 12.1 Å². The smallest absolute Gasteiger partial charge is 0.278 e. The highest BCUT2D eigenvalue weighted by Crippen LogP contribution is 2.29. The highest BCUT2D eigenvalue weighted by atomic mass is 32.2. The van der Waals surface area contributed by atoms with Gasteiger partial charge in [0.05, 0.1) is 5.52 Å². The van der Waals surface area contributed by atoms with Gasteiger partial charge in [-0.05, 0) is 19.4 Å². The molecule has 0 bridgehead atoms. The van der Waals surface area contributed by atoms with Gasteiger partial charge in [0.25, 0.3) is 5.56 Å². The average Bonchev–Trinajstić information content (AvgIpc) is 3.24. The van der Waals surface area contributed by atoms with E-state index in [0.717, 1.165) is 33.9 Å². The summed E-state index contributed by atoms with van der Waals surface area (Å²) in [5.41, 5.74) is 2.72. The fraction of sp³-hybridized carbons (Fsp3) is 0.263. The number of amides is 1. The number of benzene rings is 1. The van der Waals surface area contributed by atoms with Gasteiger partial charge in [-0.15, -0.1) is 0 Å². The zero-order valence-corrected chi connectivity index (χ0v) is 16.0. The van der Waals surface area contributed by atoms with E-state index in [0.29, 0.717) is 23.4 Å². The standard InChI is InChI=1S/C19H18N6O2S/c1-11-9-14(23-22-11)20-15(26)10-25-13-6-3-2-5-12(13)16-17(25)18(27)24-7-4-8-28-19(24)21-16/h2-3,5-6,9H,4,7-8,10H2,1H3,(H2,20,22,23,26). The number of fused-ring (bicyclic) bond motifs is 4. The van der Waals surface area contributed by atoms with Crippen molar-refractivity contribution in [1.29, 1.82) is 0 Å². The molecule has 0 atom stereocenters. The molecule has 0 radical (unpaired) electrons. The molecule has 5 rings (SSSR count). The molecule has 0 saturated heterocycles. The van der Waals surface area contributed by atoms with Crippen molar-refractivity contribution < 1.29 is 4.79 Å². The largest absolute Gasteiger partial charge is 0.325 e. The summed E-state index contributed by atoms with van der Waals surface area (Å²) in [7, 11) is 0. The van der Waals surface area contributed by atoms with Crippen molar-refractivity contribution in [1.82, 2.24) is 24.3 Å². The summed E-state index contributed by atoms with van der Waals surface area (Å²) in [5, 5.41) is 11.2. The minimum atomic E-state index is -0.245. The van der Waals surface area contributed by atoms with Crippen LogP contribution in [0.25, 0.3) is 21.9 Å². The molecule has 9 heteroatoms. The third kappa shape index (κ3) is 2.70. The van der Waals surface area contributed by atoms with Gasteiger partial charge in [-0.2, -0.15) is 5.10 Å². The van der Waals surface area contributed by atoms with Crippen LogP contribution in [0.15, 0.2) is 40.3 Å². The van der Waals surface area contributed by atoms with Crippen LogP contribution in [-0.4, -0.2) is 36.0 Å². The topological polar surface area (TPSA) is 97.6 Å². The number of anilines is 1. The first-order chi connectivity index (χ1) is 13.6. The van der Waals surface area contributed by atoms with Gasteiger partial charge < -0.3 is 9.88 Å².